The van der Waals surface area contributed by atoms with Crippen LogP contribution in [0.3, 0.4) is 0 Å². The number of carbonyl (C=O) groups excluding carboxylic acids is 2. The van der Waals surface area contributed by atoms with Crippen LogP contribution >= 0.6 is 0 Å². The summed E-state index contributed by atoms with van der Waals surface area (Å²) >= 11 is 0. The van der Waals surface area contributed by atoms with E-state index in [9.17, 15) is 9.59 Å². The maximum Gasteiger partial charge on any atom is 0.283 e. The molecule has 1 aliphatic rings. The predicted octanol–water partition coefficient (Wildman–Crippen LogP) is 2.22. The molecule has 4 rings (SSSR count). The first kappa shape index (κ1) is 19.0. The molecule has 2 N–H and O–H groups in total. The summed E-state index contributed by atoms with van der Waals surface area (Å²) in [6.07, 6.45) is 3.24. The molecule has 0 radical (unpaired) electrons. The lowest BCUT2D eigenvalue weighted by molar-refractivity contribution is -0.921. The zero-order valence-corrected chi connectivity index (χ0v) is 16.5. The first-order valence-corrected chi connectivity index (χ1v) is 9.57. The molecular formula is C22H24N3O4+. The predicted molar refractivity (Wildman–Crippen MR) is 107 cm³/mol. The van der Waals surface area contributed by atoms with Crippen molar-refractivity contribution in [1.82, 2.24) is 0 Å². The summed E-state index contributed by atoms with van der Waals surface area (Å²) in [4.78, 5) is 28.7. The van der Waals surface area contributed by atoms with Gasteiger partial charge < -0.3 is 19.1 Å². The number of fused-ring (bicyclic) bond motifs is 1. The van der Waals surface area contributed by atoms with Crippen molar-refractivity contribution in [3.8, 4) is 0 Å². The largest absolute Gasteiger partial charge is 0.463 e. The van der Waals surface area contributed by atoms with Crippen molar-refractivity contribution in [2.24, 2.45) is 0 Å². The molecule has 1 aromatic carbocycles. The fourth-order valence-electron chi connectivity index (χ4n) is 3.70. The molecule has 29 heavy (non-hydrogen) atoms. The van der Waals surface area contributed by atoms with E-state index in [1.54, 1.807) is 37.3 Å². The standard InChI is InChI=1S/C22H23N3O4/c1-22(2)21(27)23-18-9-3-4-10-19(18)25(22)20(26)15-24(13-16-7-5-11-28-16)14-17-8-6-12-29-17/h3-12H,13-15H2,1-2H3,(H,23,27)/p+1. The number of hydrogen-bond acceptors (Lipinski definition) is 4. The summed E-state index contributed by atoms with van der Waals surface area (Å²) in [6.45, 7) is 4.76. The van der Waals surface area contributed by atoms with Crippen LogP contribution in [0.1, 0.15) is 25.4 Å². The van der Waals surface area contributed by atoms with Gasteiger partial charge in [0, 0.05) is 0 Å². The van der Waals surface area contributed by atoms with Crippen LogP contribution in [0.5, 0.6) is 0 Å². The maximum atomic E-state index is 13.5. The van der Waals surface area contributed by atoms with Crippen molar-refractivity contribution in [2.75, 3.05) is 16.8 Å². The van der Waals surface area contributed by atoms with Gasteiger partial charge in [0.05, 0.1) is 23.9 Å². The Morgan fingerprint density at radius 2 is 1.62 bits per heavy atom. The average molecular weight is 394 g/mol. The number of anilines is 2. The highest BCUT2D eigenvalue weighted by Crippen LogP contribution is 2.36. The molecule has 150 valence electrons. The highest BCUT2D eigenvalue weighted by atomic mass is 16.3. The number of hydrogen-bond donors (Lipinski definition) is 2. The third kappa shape index (κ3) is 3.82. The van der Waals surface area contributed by atoms with Crippen molar-refractivity contribution >= 4 is 23.2 Å². The molecule has 0 atom stereocenters. The van der Waals surface area contributed by atoms with Gasteiger partial charge in [0.15, 0.2) is 18.1 Å². The van der Waals surface area contributed by atoms with E-state index >= 15 is 0 Å². The summed E-state index contributed by atoms with van der Waals surface area (Å²) in [5, 5.41) is 2.89. The summed E-state index contributed by atoms with van der Waals surface area (Å²) in [5.41, 5.74) is 0.354. The molecule has 0 spiro atoms. The van der Waals surface area contributed by atoms with Crippen LogP contribution in [0, 0.1) is 0 Å². The Morgan fingerprint density at radius 3 is 2.21 bits per heavy atom. The SMILES string of the molecule is CC1(C)C(=O)Nc2ccccc2N1C(=O)C[NH+](Cc1ccco1)Cc1ccco1. The molecule has 2 amide bonds. The van der Waals surface area contributed by atoms with Crippen molar-refractivity contribution < 1.29 is 23.3 Å². The minimum Gasteiger partial charge on any atom is -0.463 e. The van der Waals surface area contributed by atoms with Crippen LogP contribution in [-0.4, -0.2) is 23.9 Å². The highest BCUT2D eigenvalue weighted by Gasteiger charge is 2.44. The molecule has 7 heteroatoms. The van der Waals surface area contributed by atoms with Crippen LogP contribution in [0.15, 0.2) is 69.9 Å². The minimum atomic E-state index is -0.994. The lowest BCUT2D eigenvalue weighted by atomic mass is 9.96. The summed E-state index contributed by atoms with van der Waals surface area (Å²) < 4.78 is 11.0. The van der Waals surface area contributed by atoms with Crippen LogP contribution in [0.2, 0.25) is 0 Å². The molecule has 0 fully saturated rings. The van der Waals surface area contributed by atoms with Gasteiger partial charge in [-0.25, -0.2) is 0 Å². The van der Waals surface area contributed by atoms with Gasteiger partial charge in [-0.15, -0.1) is 0 Å². The first-order valence-electron chi connectivity index (χ1n) is 9.57. The second-order valence-electron chi connectivity index (χ2n) is 7.70. The smallest absolute Gasteiger partial charge is 0.283 e. The number of rotatable bonds is 6. The van der Waals surface area contributed by atoms with Gasteiger partial charge in [-0.1, -0.05) is 12.1 Å². The third-order valence-corrected chi connectivity index (χ3v) is 5.17. The van der Waals surface area contributed by atoms with E-state index in [0.717, 1.165) is 16.4 Å². The number of furan rings is 2. The second-order valence-corrected chi connectivity index (χ2v) is 7.70. The van der Waals surface area contributed by atoms with E-state index in [4.69, 9.17) is 8.83 Å². The molecule has 1 aliphatic heterocycles. The van der Waals surface area contributed by atoms with E-state index in [0.29, 0.717) is 24.5 Å². The highest BCUT2D eigenvalue weighted by molar-refractivity contribution is 6.14. The average Bonchev–Trinajstić information content (AvgIpc) is 3.36. The topological polar surface area (TPSA) is 80.1 Å². The Kier molecular flexibility index (Phi) is 4.98. The summed E-state index contributed by atoms with van der Waals surface area (Å²) in [6, 6.07) is 14.8. The van der Waals surface area contributed by atoms with E-state index in [1.807, 2.05) is 42.5 Å². The summed E-state index contributed by atoms with van der Waals surface area (Å²) in [7, 11) is 0. The molecule has 0 saturated heterocycles. The molecule has 3 aromatic rings. The number of nitrogens with zero attached hydrogens (tertiary/aromatic N) is 1. The van der Waals surface area contributed by atoms with E-state index in [2.05, 4.69) is 5.32 Å². The number of amides is 2. The monoisotopic (exact) mass is 394 g/mol. The zero-order valence-electron chi connectivity index (χ0n) is 16.5. The molecule has 0 aliphatic carbocycles. The van der Waals surface area contributed by atoms with Crippen molar-refractivity contribution in [2.45, 2.75) is 32.5 Å². The Labute approximate surface area is 168 Å². The van der Waals surface area contributed by atoms with Crippen LogP contribution in [0.4, 0.5) is 11.4 Å². The number of quaternary nitrogens is 1. The number of benzene rings is 1. The maximum absolute atomic E-state index is 13.5. The zero-order chi connectivity index (χ0) is 20.4. The van der Waals surface area contributed by atoms with Gasteiger partial charge in [-0.3, -0.25) is 14.5 Å². The second kappa shape index (κ2) is 7.60. The van der Waals surface area contributed by atoms with Crippen LogP contribution in [-0.2, 0) is 22.7 Å². The third-order valence-electron chi connectivity index (χ3n) is 5.17. The summed E-state index contributed by atoms with van der Waals surface area (Å²) in [5.74, 6) is 1.24. The molecule has 2 aromatic heterocycles. The number of carbonyl (C=O) groups is 2. The van der Waals surface area contributed by atoms with Gasteiger partial charge in [-0.2, -0.15) is 0 Å². The Balaban J connectivity index is 1.61. The Bertz CT molecular complexity index is 957. The molecule has 0 saturated carbocycles. The lowest BCUT2D eigenvalue weighted by Gasteiger charge is -2.42. The van der Waals surface area contributed by atoms with E-state index in [1.165, 1.54) is 0 Å². The molecule has 7 nitrogen and oxygen atoms in total. The first-order chi connectivity index (χ1) is 13.9. The van der Waals surface area contributed by atoms with Crippen molar-refractivity contribution in [1.29, 1.82) is 0 Å². The van der Waals surface area contributed by atoms with Gasteiger partial charge >= 0.3 is 0 Å². The van der Waals surface area contributed by atoms with Gasteiger partial charge in [0.2, 0.25) is 5.91 Å². The number of para-hydroxylation sites is 2. The quantitative estimate of drug-likeness (QED) is 0.672. The van der Waals surface area contributed by atoms with Gasteiger partial charge in [0.1, 0.15) is 18.6 Å². The molecule has 3 heterocycles. The normalized spacial score (nSPS) is 15.3. The fourth-order valence-corrected chi connectivity index (χ4v) is 3.70. The van der Waals surface area contributed by atoms with E-state index in [-0.39, 0.29) is 18.4 Å². The molecular weight excluding hydrogens is 370 g/mol. The van der Waals surface area contributed by atoms with Crippen LogP contribution < -0.4 is 15.1 Å². The lowest BCUT2D eigenvalue weighted by Crippen LogP contribution is -3.10. The van der Waals surface area contributed by atoms with Gasteiger partial charge in [-0.05, 0) is 50.2 Å². The Hall–Kier alpha value is -3.32. The van der Waals surface area contributed by atoms with E-state index < -0.39 is 5.54 Å². The van der Waals surface area contributed by atoms with Crippen molar-refractivity contribution in [3.05, 3.63) is 72.6 Å². The molecule has 0 unspecified atom stereocenters. The van der Waals surface area contributed by atoms with Crippen LogP contribution in [0.25, 0.3) is 0 Å². The Morgan fingerprint density at radius 1 is 1.00 bits per heavy atom. The molecule has 0 bridgehead atoms. The number of nitrogens with one attached hydrogen (secondary N) is 2. The van der Waals surface area contributed by atoms with Gasteiger partial charge in [0.25, 0.3) is 5.91 Å². The van der Waals surface area contributed by atoms with Crippen molar-refractivity contribution in [3.63, 3.8) is 0 Å². The fraction of sp³-hybridized carbons (Fsp3) is 0.273. The minimum absolute atomic E-state index is 0.134.